The highest BCUT2D eigenvalue weighted by molar-refractivity contribution is 7.88. The molecule has 8 heteroatoms. The van der Waals surface area contributed by atoms with E-state index in [1.807, 2.05) is 12.1 Å². The van der Waals surface area contributed by atoms with Crippen molar-refractivity contribution in [1.29, 1.82) is 0 Å². The maximum absolute atomic E-state index is 12.2. The van der Waals surface area contributed by atoms with Crippen LogP contribution in [0, 0.1) is 0 Å². The summed E-state index contributed by atoms with van der Waals surface area (Å²) in [5.41, 5.74) is 1.43. The Bertz CT molecular complexity index is 883. The van der Waals surface area contributed by atoms with Crippen molar-refractivity contribution in [3.63, 3.8) is 0 Å². The Hall–Kier alpha value is -2.09. The third-order valence-corrected chi connectivity index (χ3v) is 5.54. The summed E-state index contributed by atoms with van der Waals surface area (Å²) in [5, 5.41) is 3.43. The first-order valence-corrected chi connectivity index (χ1v) is 11.0. The summed E-state index contributed by atoms with van der Waals surface area (Å²) in [6.45, 7) is 4.04. The van der Waals surface area contributed by atoms with Crippen molar-refractivity contribution in [2.45, 2.75) is 38.6 Å². The Labute approximate surface area is 171 Å². The van der Waals surface area contributed by atoms with Crippen molar-refractivity contribution in [3.8, 4) is 5.75 Å². The zero-order valence-corrected chi connectivity index (χ0v) is 17.5. The van der Waals surface area contributed by atoms with E-state index in [0.29, 0.717) is 16.3 Å². The Morgan fingerprint density at radius 1 is 1.07 bits per heavy atom. The largest absolute Gasteiger partial charge is 0.493 e. The number of amides is 1. The van der Waals surface area contributed by atoms with Gasteiger partial charge in [0.05, 0.1) is 18.8 Å². The van der Waals surface area contributed by atoms with Crippen LogP contribution in [0.15, 0.2) is 48.5 Å². The van der Waals surface area contributed by atoms with Gasteiger partial charge >= 0.3 is 0 Å². The normalized spacial score (nSPS) is 11.4. The van der Waals surface area contributed by atoms with Crippen LogP contribution in [0.5, 0.6) is 5.75 Å². The molecular weight excluding hydrogens is 400 g/mol. The molecule has 0 heterocycles. The van der Waals surface area contributed by atoms with Crippen LogP contribution >= 0.6 is 11.6 Å². The first kappa shape index (κ1) is 22.2. The van der Waals surface area contributed by atoms with Gasteiger partial charge in [-0.15, -0.1) is 0 Å². The number of benzene rings is 2. The van der Waals surface area contributed by atoms with Crippen molar-refractivity contribution in [1.82, 2.24) is 10.0 Å². The maximum Gasteiger partial charge on any atom is 0.223 e. The topological polar surface area (TPSA) is 84.5 Å². The predicted molar refractivity (Wildman–Crippen MR) is 111 cm³/mol. The summed E-state index contributed by atoms with van der Waals surface area (Å²) in [5.74, 6) is 0.342. The van der Waals surface area contributed by atoms with E-state index in [2.05, 4.69) is 10.0 Å². The van der Waals surface area contributed by atoms with E-state index in [4.69, 9.17) is 16.3 Å². The van der Waals surface area contributed by atoms with Crippen LogP contribution in [-0.4, -0.2) is 27.0 Å². The third-order valence-electron chi connectivity index (χ3n) is 3.77. The van der Waals surface area contributed by atoms with Gasteiger partial charge in [0.2, 0.25) is 15.9 Å². The molecule has 0 aliphatic rings. The number of nitrogens with one attached hydrogen (secondary N) is 2. The van der Waals surface area contributed by atoms with Crippen molar-refractivity contribution in [2.75, 3.05) is 6.61 Å². The van der Waals surface area contributed by atoms with E-state index in [1.54, 1.807) is 50.2 Å². The summed E-state index contributed by atoms with van der Waals surface area (Å²) < 4.78 is 32.4. The quantitative estimate of drug-likeness (QED) is 0.613. The standard InChI is InChI=1S/C20H25ClN2O4S/c1-15(2)23-28(25,26)14-17-6-4-3-5-16(17)13-22-20(24)11-12-27-19-9-7-18(21)8-10-19/h3-10,15,23H,11-14H2,1-2H3,(H,22,24). The molecule has 0 aromatic heterocycles. The minimum atomic E-state index is -3.43. The molecule has 0 saturated heterocycles. The minimum Gasteiger partial charge on any atom is -0.493 e. The molecule has 0 aliphatic carbocycles. The zero-order valence-electron chi connectivity index (χ0n) is 15.9. The number of sulfonamides is 1. The molecule has 0 fully saturated rings. The Kier molecular flexibility index (Phi) is 8.29. The summed E-state index contributed by atoms with van der Waals surface area (Å²) in [7, 11) is -3.43. The fourth-order valence-corrected chi connectivity index (χ4v) is 4.17. The number of hydrogen-bond donors (Lipinski definition) is 2. The first-order chi connectivity index (χ1) is 13.2. The second-order valence-electron chi connectivity index (χ2n) is 6.63. The molecule has 0 bridgehead atoms. The van der Waals surface area contributed by atoms with Gasteiger partial charge in [0, 0.05) is 17.6 Å². The van der Waals surface area contributed by atoms with Crippen molar-refractivity contribution < 1.29 is 17.9 Å². The van der Waals surface area contributed by atoms with Crippen molar-refractivity contribution in [2.24, 2.45) is 0 Å². The van der Waals surface area contributed by atoms with Gasteiger partial charge in [-0.2, -0.15) is 0 Å². The maximum atomic E-state index is 12.2. The van der Waals surface area contributed by atoms with Gasteiger partial charge in [0.15, 0.2) is 0 Å². The molecule has 0 aliphatic heterocycles. The van der Waals surface area contributed by atoms with Crippen LogP contribution < -0.4 is 14.8 Å². The Morgan fingerprint density at radius 3 is 2.36 bits per heavy atom. The predicted octanol–water partition coefficient (Wildman–Crippen LogP) is 3.25. The molecular formula is C20H25ClN2O4S. The lowest BCUT2D eigenvalue weighted by molar-refractivity contribution is -0.121. The highest BCUT2D eigenvalue weighted by Crippen LogP contribution is 2.16. The lowest BCUT2D eigenvalue weighted by Gasteiger charge is -2.13. The fraction of sp³-hybridized carbons (Fsp3) is 0.350. The van der Waals surface area contributed by atoms with E-state index in [9.17, 15) is 13.2 Å². The van der Waals surface area contributed by atoms with Crippen LogP contribution in [0.1, 0.15) is 31.4 Å². The summed E-state index contributed by atoms with van der Waals surface area (Å²) in [6.07, 6.45) is 0.192. The second kappa shape index (κ2) is 10.5. The summed E-state index contributed by atoms with van der Waals surface area (Å²) >= 11 is 5.81. The molecule has 0 saturated carbocycles. The highest BCUT2D eigenvalue weighted by Gasteiger charge is 2.15. The molecule has 6 nitrogen and oxygen atoms in total. The highest BCUT2D eigenvalue weighted by atomic mass is 35.5. The lowest BCUT2D eigenvalue weighted by atomic mass is 10.1. The van der Waals surface area contributed by atoms with Gasteiger partial charge in [-0.05, 0) is 49.2 Å². The molecule has 2 aromatic rings. The summed E-state index contributed by atoms with van der Waals surface area (Å²) in [6, 6.07) is 13.9. The van der Waals surface area contributed by atoms with Gasteiger partial charge in [-0.3, -0.25) is 4.79 Å². The lowest BCUT2D eigenvalue weighted by Crippen LogP contribution is -2.32. The van der Waals surface area contributed by atoms with Gasteiger partial charge in [-0.25, -0.2) is 13.1 Å². The Morgan fingerprint density at radius 2 is 1.71 bits per heavy atom. The van der Waals surface area contributed by atoms with E-state index in [0.717, 1.165) is 5.56 Å². The SMILES string of the molecule is CC(C)NS(=O)(=O)Cc1ccccc1CNC(=O)CCOc1ccc(Cl)cc1. The minimum absolute atomic E-state index is 0.128. The van der Waals surface area contributed by atoms with Crippen molar-refractivity contribution >= 4 is 27.5 Å². The smallest absolute Gasteiger partial charge is 0.223 e. The molecule has 0 unspecified atom stereocenters. The fourth-order valence-electron chi connectivity index (χ4n) is 2.55. The number of carbonyl (C=O) groups is 1. The average Bonchev–Trinajstić information content (AvgIpc) is 2.61. The van der Waals surface area contributed by atoms with E-state index in [-0.39, 0.29) is 37.3 Å². The number of carbonyl (C=O) groups excluding carboxylic acids is 1. The number of hydrogen-bond acceptors (Lipinski definition) is 4. The molecule has 28 heavy (non-hydrogen) atoms. The van der Waals surface area contributed by atoms with E-state index >= 15 is 0 Å². The van der Waals surface area contributed by atoms with Crippen LogP contribution in [0.25, 0.3) is 0 Å². The Balaban J connectivity index is 1.85. The van der Waals surface area contributed by atoms with E-state index in [1.165, 1.54) is 0 Å². The zero-order chi connectivity index (χ0) is 20.6. The van der Waals surface area contributed by atoms with Gasteiger partial charge in [0.1, 0.15) is 5.75 Å². The van der Waals surface area contributed by atoms with Crippen LogP contribution in [0.4, 0.5) is 0 Å². The summed E-state index contributed by atoms with van der Waals surface area (Å²) in [4.78, 5) is 12.1. The molecule has 0 spiro atoms. The van der Waals surface area contributed by atoms with Gasteiger partial charge < -0.3 is 10.1 Å². The van der Waals surface area contributed by atoms with E-state index < -0.39 is 10.0 Å². The number of ether oxygens (including phenoxy) is 1. The van der Waals surface area contributed by atoms with Gasteiger partial charge in [0.25, 0.3) is 0 Å². The van der Waals surface area contributed by atoms with Crippen LogP contribution in [0.3, 0.4) is 0 Å². The molecule has 0 atom stereocenters. The third kappa shape index (κ3) is 7.88. The molecule has 2 rings (SSSR count). The average molecular weight is 425 g/mol. The first-order valence-electron chi connectivity index (χ1n) is 8.97. The van der Waals surface area contributed by atoms with Crippen molar-refractivity contribution in [3.05, 3.63) is 64.7 Å². The number of halogens is 1. The number of rotatable bonds is 10. The van der Waals surface area contributed by atoms with Crippen LogP contribution in [0.2, 0.25) is 5.02 Å². The molecule has 0 radical (unpaired) electrons. The monoisotopic (exact) mass is 424 g/mol. The molecule has 2 aromatic carbocycles. The molecule has 1 amide bonds. The molecule has 2 N–H and O–H groups in total. The molecule has 152 valence electrons. The van der Waals surface area contributed by atoms with Crippen LogP contribution in [-0.2, 0) is 27.1 Å². The van der Waals surface area contributed by atoms with Gasteiger partial charge in [-0.1, -0.05) is 35.9 Å². The second-order valence-corrected chi connectivity index (χ2v) is 8.82.